The Balaban J connectivity index is 1.89. The van der Waals surface area contributed by atoms with Crippen molar-refractivity contribution in [1.82, 2.24) is 0 Å². The van der Waals surface area contributed by atoms with E-state index in [0.717, 1.165) is 24.3 Å². The lowest BCUT2D eigenvalue weighted by Gasteiger charge is -2.16. The van der Waals surface area contributed by atoms with E-state index in [1.54, 1.807) is 0 Å². The van der Waals surface area contributed by atoms with Crippen molar-refractivity contribution >= 4 is 11.6 Å². The summed E-state index contributed by atoms with van der Waals surface area (Å²) in [7, 11) is 0. The molecule has 0 bridgehead atoms. The molecule has 2 rings (SSSR count). The minimum Gasteiger partial charge on any atom is -0.490 e. The van der Waals surface area contributed by atoms with Crippen LogP contribution in [-0.2, 0) is 4.79 Å². The van der Waals surface area contributed by atoms with Crippen molar-refractivity contribution in [2.45, 2.75) is 51.7 Å². The van der Waals surface area contributed by atoms with Gasteiger partial charge in [0.25, 0.3) is 0 Å². The van der Waals surface area contributed by atoms with E-state index in [-0.39, 0.29) is 11.8 Å². The first-order valence-corrected chi connectivity index (χ1v) is 7.39. The molecular weight excluding hydrogens is 252 g/mol. The predicted molar refractivity (Wildman–Crippen MR) is 80.8 cm³/mol. The summed E-state index contributed by atoms with van der Waals surface area (Å²) in [6.07, 6.45) is 5.14. The Morgan fingerprint density at radius 1 is 1.25 bits per heavy atom. The van der Waals surface area contributed by atoms with Crippen LogP contribution in [0.2, 0.25) is 0 Å². The molecule has 0 radical (unpaired) electrons. The van der Waals surface area contributed by atoms with Gasteiger partial charge >= 0.3 is 0 Å². The number of nitrogens with one attached hydrogen (secondary N) is 1. The Morgan fingerprint density at radius 2 is 1.85 bits per heavy atom. The zero-order chi connectivity index (χ0) is 14.5. The second-order valence-corrected chi connectivity index (χ2v) is 5.81. The zero-order valence-corrected chi connectivity index (χ0v) is 12.3. The first-order valence-electron chi connectivity index (χ1n) is 7.39. The standard InChI is InChI=1S/C16H24N2O2/c1-11(2)15(17)16(19)18-12-7-9-14(10-8-12)20-13-5-3-4-6-13/h7-11,13,15H,3-6,17H2,1-2H3,(H,18,19)/t15-/m0/s1. The minimum atomic E-state index is -0.482. The average molecular weight is 276 g/mol. The van der Waals surface area contributed by atoms with Gasteiger partial charge in [0.2, 0.25) is 5.91 Å². The molecule has 4 heteroatoms. The summed E-state index contributed by atoms with van der Waals surface area (Å²) in [6.45, 7) is 3.87. The summed E-state index contributed by atoms with van der Waals surface area (Å²) >= 11 is 0. The summed E-state index contributed by atoms with van der Waals surface area (Å²) in [6, 6.07) is 7.03. The van der Waals surface area contributed by atoms with Gasteiger partial charge in [-0.25, -0.2) is 0 Å². The minimum absolute atomic E-state index is 0.125. The van der Waals surface area contributed by atoms with Crippen LogP contribution < -0.4 is 15.8 Å². The Bertz CT molecular complexity index is 436. The average Bonchev–Trinajstić information content (AvgIpc) is 2.92. The smallest absolute Gasteiger partial charge is 0.241 e. The lowest BCUT2D eigenvalue weighted by Crippen LogP contribution is -2.39. The number of ether oxygens (including phenoxy) is 1. The quantitative estimate of drug-likeness (QED) is 0.869. The molecule has 1 aromatic carbocycles. The number of anilines is 1. The van der Waals surface area contributed by atoms with Crippen molar-refractivity contribution in [3.63, 3.8) is 0 Å². The van der Waals surface area contributed by atoms with E-state index >= 15 is 0 Å². The fraction of sp³-hybridized carbons (Fsp3) is 0.562. The van der Waals surface area contributed by atoms with Gasteiger partial charge in [-0.3, -0.25) is 4.79 Å². The SMILES string of the molecule is CC(C)[C@H](N)C(=O)Nc1ccc(OC2CCCC2)cc1. The summed E-state index contributed by atoms with van der Waals surface area (Å²) in [5, 5.41) is 2.82. The molecule has 0 aliphatic heterocycles. The van der Waals surface area contributed by atoms with E-state index in [1.807, 2.05) is 38.1 Å². The molecular formula is C16H24N2O2. The molecule has 110 valence electrons. The third-order valence-electron chi connectivity index (χ3n) is 3.75. The van der Waals surface area contributed by atoms with Crippen molar-refractivity contribution in [2.75, 3.05) is 5.32 Å². The second-order valence-electron chi connectivity index (χ2n) is 5.81. The normalized spacial score (nSPS) is 17.2. The maximum absolute atomic E-state index is 11.9. The highest BCUT2D eigenvalue weighted by Gasteiger charge is 2.18. The van der Waals surface area contributed by atoms with Crippen LogP contribution in [0, 0.1) is 5.92 Å². The zero-order valence-electron chi connectivity index (χ0n) is 12.3. The van der Waals surface area contributed by atoms with Crippen LogP contribution in [0.4, 0.5) is 5.69 Å². The highest BCUT2D eigenvalue weighted by atomic mass is 16.5. The molecule has 0 saturated heterocycles. The topological polar surface area (TPSA) is 64.4 Å². The molecule has 0 heterocycles. The summed E-state index contributed by atoms with van der Waals surface area (Å²) in [4.78, 5) is 11.9. The lowest BCUT2D eigenvalue weighted by molar-refractivity contribution is -0.118. The summed E-state index contributed by atoms with van der Waals surface area (Å²) in [5.41, 5.74) is 6.56. The lowest BCUT2D eigenvalue weighted by atomic mass is 10.1. The molecule has 1 amide bonds. The van der Waals surface area contributed by atoms with E-state index in [0.29, 0.717) is 6.10 Å². The molecule has 0 aromatic heterocycles. The number of benzene rings is 1. The van der Waals surface area contributed by atoms with Crippen molar-refractivity contribution in [2.24, 2.45) is 11.7 Å². The number of carbonyl (C=O) groups is 1. The molecule has 1 aliphatic rings. The van der Waals surface area contributed by atoms with E-state index in [2.05, 4.69) is 5.32 Å². The van der Waals surface area contributed by atoms with Gasteiger partial charge in [-0.2, -0.15) is 0 Å². The monoisotopic (exact) mass is 276 g/mol. The Morgan fingerprint density at radius 3 is 2.40 bits per heavy atom. The van der Waals surface area contributed by atoms with Crippen LogP contribution >= 0.6 is 0 Å². The Labute approximate surface area is 120 Å². The molecule has 1 atom stereocenters. The highest BCUT2D eigenvalue weighted by Crippen LogP contribution is 2.25. The largest absolute Gasteiger partial charge is 0.490 e. The van der Waals surface area contributed by atoms with E-state index in [9.17, 15) is 4.79 Å². The van der Waals surface area contributed by atoms with Crippen LogP contribution in [-0.4, -0.2) is 18.1 Å². The molecule has 4 nitrogen and oxygen atoms in total. The van der Waals surface area contributed by atoms with Gasteiger partial charge in [-0.05, 0) is 55.9 Å². The van der Waals surface area contributed by atoms with Crippen molar-refractivity contribution in [3.05, 3.63) is 24.3 Å². The van der Waals surface area contributed by atoms with Crippen molar-refractivity contribution in [1.29, 1.82) is 0 Å². The van der Waals surface area contributed by atoms with Gasteiger partial charge in [0, 0.05) is 5.69 Å². The van der Waals surface area contributed by atoms with Crippen LogP contribution in [0.25, 0.3) is 0 Å². The highest BCUT2D eigenvalue weighted by molar-refractivity contribution is 5.94. The first-order chi connectivity index (χ1) is 9.56. The van der Waals surface area contributed by atoms with Gasteiger partial charge in [-0.1, -0.05) is 13.8 Å². The van der Waals surface area contributed by atoms with Crippen molar-refractivity contribution < 1.29 is 9.53 Å². The maximum Gasteiger partial charge on any atom is 0.241 e. The predicted octanol–water partition coefficient (Wildman–Crippen LogP) is 2.93. The molecule has 0 spiro atoms. The molecule has 0 unspecified atom stereocenters. The van der Waals surface area contributed by atoms with Gasteiger partial charge in [0.05, 0.1) is 12.1 Å². The van der Waals surface area contributed by atoms with Gasteiger partial charge in [0.1, 0.15) is 5.75 Å². The fourth-order valence-electron chi connectivity index (χ4n) is 2.34. The van der Waals surface area contributed by atoms with Gasteiger partial charge in [0.15, 0.2) is 0 Å². The number of hydrogen-bond acceptors (Lipinski definition) is 3. The molecule has 1 saturated carbocycles. The number of rotatable bonds is 5. The molecule has 1 aliphatic carbocycles. The number of nitrogens with two attached hydrogens (primary N) is 1. The first kappa shape index (κ1) is 14.9. The maximum atomic E-state index is 11.9. The van der Waals surface area contributed by atoms with Crippen molar-refractivity contribution in [3.8, 4) is 5.75 Å². The number of hydrogen-bond donors (Lipinski definition) is 2. The third kappa shape index (κ3) is 3.97. The third-order valence-corrected chi connectivity index (χ3v) is 3.75. The van der Waals surface area contributed by atoms with Crippen LogP contribution in [0.3, 0.4) is 0 Å². The number of amides is 1. The van der Waals surface area contributed by atoms with Crippen LogP contribution in [0.15, 0.2) is 24.3 Å². The fourth-order valence-corrected chi connectivity index (χ4v) is 2.34. The van der Waals surface area contributed by atoms with E-state index < -0.39 is 6.04 Å². The molecule has 20 heavy (non-hydrogen) atoms. The molecule has 3 N–H and O–H groups in total. The molecule has 1 aromatic rings. The number of carbonyl (C=O) groups excluding carboxylic acids is 1. The van der Waals surface area contributed by atoms with Crippen LogP contribution in [0.1, 0.15) is 39.5 Å². The Kier molecular flexibility index (Phi) is 5.01. The van der Waals surface area contributed by atoms with E-state index in [1.165, 1.54) is 12.8 Å². The van der Waals surface area contributed by atoms with Gasteiger partial charge in [-0.15, -0.1) is 0 Å². The summed E-state index contributed by atoms with van der Waals surface area (Å²) in [5.74, 6) is 0.840. The van der Waals surface area contributed by atoms with Crippen LogP contribution in [0.5, 0.6) is 5.75 Å². The van der Waals surface area contributed by atoms with E-state index in [4.69, 9.17) is 10.5 Å². The summed E-state index contributed by atoms with van der Waals surface area (Å²) < 4.78 is 5.88. The Hall–Kier alpha value is -1.55. The second kappa shape index (κ2) is 6.75. The van der Waals surface area contributed by atoms with Gasteiger partial charge < -0.3 is 15.8 Å². The molecule has 1 fully saturated rings.